The van der Waals surface area contributed by atoms with Gasteiger partial charge in [-0.3, -0.25) is 47.9 Å². The molecule has 1 aromatic heterocycles. The van der Waals surface area contributed by atoms with Gasteiger partial charge in [-0.05, 0) is 70.5 Å². The lowest BCUT2D eigenvalue weighted by atomic mass is 10.00. The average Bonchev–Trinajstić information content (AvgIpc) is 4.15. The zero-order valence-electron chi connectivity index (χ0n) is 48.4. The molecule has 1 fully saturated rings. The first-order valence-electron chi connectivity index (χ1n) is 28.4. The van der Waals surface area contributed by atoms with Crippen LogP contribution in [-0.2, 0) is 80.0 Å². The normalized spacial score (nSPS) is 21.5. The summed E-state index contributed by atoms with van der Waals surface area (Å²) in [7, 11) is 1.36. The van der Waals surface area contributed by atoms with E-state index in [1.807, 2.05) is 32.0 Å². The van der Waals surface area contributed by atoms with Crippen molar-refractivity contribution in [1.29, 1.82) is 0 Å². The van der Waals surface area contributed by atoms with Crippen LogP contribution in [0.2, 0.25) is 0 Å². The third-order valence-electron chi connectivity index (χ3n) is 14.5. The van der Waals surface area contributed by atoms with Gasteiger partial charge in [-0.15, -0.1) is 11.8 Å². The fourth-order valence-corrected chi connectivity index (χ4v) is 10.7. The Morgan fingerprint density at radius 3 is 1.55 bits per heavy atom. The quantitative estimate of drug-likeness (QED) is 0.0778. The van der Waals surface area contributed by atoms with Gasteiger partial charge in [-0.25, -0.2) is 0 Å². The SMILES string of the molecule is CC(C)C[C@@H]1NC(=O)CNC(=O)[C@H](Cc2ccccc2)N(C)C(=O)CNC(=O)[C@H](Cc2ccc(O)cc2)NC(=O)[C@H](Cc2ccccc2)NC(=O)CSC[C@@H](C(N)=O)NC(=O)[C@H](Cc2c[nH]c3ccccc23)NC(=O)[C@H](Cc2ccc(O)cc2)NC1=O. The molecule has 7 rings (SSSR count). The fraction of sp³-hybridized carbons (Fsp3) is 0.333. The molecule has 24 heteroatoms. The number of fused-ring (bicyclic) bond motifs is 1. The highest BCUT2D eigenvalue weighted by atomic mass is 32.2. The molecule has 10 amide bonds. The summed E-state index contributed by atoms with van der Waals surface area (Å²) in [4.78, 5) is 146. The van der Waals surface area contributed by atoms with Crippen LogP contribution in [0.1, 0.15) is 48.1 Å². The van der Waals surface area contributed by atoms with Gasteiger partial charge in [0.25, 0.3) is 0 Å². The number of phenolic OH excluding ortho intramolecular Hbond substituents is 2. The molecule has 0 radical (unpaired) electrons. The van der Waals surface area contributed by atoms with Crippen LogP contribution in [0.15, 0.2) is 140 Å². The topological polar surface area (TPSA) is 352 Å². The molecule has 1 aliphatic heterocycles. The maximum absolute atomic E-state index is 14.8. The Hall–Kier alpha value is -9.71. The number of aromatic nitrogens is 1. The molecule has 6 aromatic rings. The monoisotopic (exact) mass is 1210 g/mol. The lowest BCUT2D eigenvalue weighted by Gasteiger charge is -2.29. The molecule has 5 aromatic carbocycles. The van der Waals surface area contributed by atoms with Crippen LogP contribution < -0.4 is 48.3 Å². The molecule has 1 aliphatic rings. The number of aromatic amines is 1. The Morgan fingerprint density at radius 1 is 0.529 bits per heavy atom. The van der Waals surface area contributed by atoms with Gasteiger partial charge in [0.1, 0.15) is 53.8 Å². The number of aromatic hydroxyl groups is 2. The summed E-state index contributed by atoms with van der Waals surface area (Å²) >= 11 is 0.906. The number of hydrogen-bond acceptors (Lipinski definition) is 13. The molecule has 0 saturated carbocycles. The fourth-order valence-electron chi connectivity index (χ4n) is 9.79. The first-order chi connectivity index (χ1) is 41.7. The van der Waals surface area contributed by atoms with Crippen LogP contribution in [0.3, 0.4) is 0 Å². The molecule has 0 bridgehead atoms. The number of nitrogens with zero attached hydrogens (tertiary/aromatic N) is 1. The molecule has 0 aliphatic carbocycles. The number of rotatable bonds is 13. The molecule has 0 spiro atoms. The number of H-pyrrole nitrogens is 1. The number of likely N-dealkylation sites (N-methyl/N-ethyl adjacent to an activating group) is 1. The molecule has 2 heterocycles. The maximum atomic E-state index is 14.8. The van der Waals surface area contributed by atoms with E-state index in [0.29, 0.717) is 27.8 Å². The largest absolute Gasteiger partial charge is 0.508 e. The Kier molecular flexibility index (Phi) is 23.4. The number of para-hydroxylation sites is 1. The summed E-state index contributed by atoms with van der Waals surface area (Å²) in [5, 5.41) is 42.4. The van der Waals surface area contributed by atoms with Crippen LogP contribution in [0.25, 0.3) is 10.9 Å². The summed E-state index contributed by atoms with van der Waals surface area (Å²) in [6.45, 7) is 2.29. The van der Waals surface area contributed by atoms with Crippen molar-refractivity contribution >= 4 is 81.7 Å². The highest BCUT2D eigenvalue weighted by molar-refractivity contribution is 8.00. The molecule has 13 N–H and O–H groups in total. The van der Waals surface area contributed by atoms with E-state index in [1.165, 1.54) is 31.3 Å². The van der Waals surface area contributed by atoms with Gasteiger partial charge in [0.15, 0.2) is 0 Å². The molecule has 87 heavy (non-hydrogen) atoms. The van der Waals surface area contributed by atoms with Crippen LogP contribution >= 0.6 is 11.8 Å². The Labute approximate surface area is 507 Å². The van der Waals surface area contributed by atoms with E-state index in [4.69, 9.17) is 5.73 Å². The minimum atomic E-state index is -1.43. The van der Waals surface area contributed by atoms with Crippen molar-refractivity contribution in [3.05, 3.63) is 167 Å². The number of nitrogens with one attached hydrogen (secondary N) is 9. The highest BCUT2D eigenvalue weighted by Gasteiger charge is 2.35. The molecule has 0 unspecified atom stereocenters. The third-order valence-corrected chi connectivity index (χ3v) is 15.5. The van der Waals surface area contributed by atoms with Crippen molar-refractivity contribution in [2.75, 3.05) is 31.6 Å². The third kappa shape index (κ3) is 19.7. The summed E-state index contributed by atoms with van der Waals surface area (Å²) in [5.41, 5.74) is 9.48. The maximum Gasteiger partial charge on any atom is 0.243 e. The summed E-state index contributed by atoms with van der Waals surface area (Å²) in [5.74, 6) is -8.96. The zero-order valence-corrected chi connectivity index (χ0v) is 49.2. The minimum absolute atomic E-state index is 0.0318. The number of thioether (sulfide) groups is 1. The van der Waals surface area contributed by atoms with E-state index in [-0.39, 0.29) is 67.4 Å². The number of carbonyl (C=O) groups excluding carboxylic acids is 10. The average molecular weight is 1210 g/mol. The van der Waals surface area contributed by atoms with E-state index in [9.17, 15) is 58.2 Å². The van der Waals surface area contributed by atoms with Gasteiger partial charge in [-0.2, -0.15) is 0 Å². The van der Waals surface area contributed by atoms with Crippen LogP contribution in [-0.4, -0.2) is 153 Å². The van der Waals surface area contributed by atoms with Crippen LogP contribution in [0.5, 0.6) is 11.5 Å². The summed E-state index contributed by atoms with van der Waals surface area (Å²) < 4.78 is 0. The second-order valence-electron chi connectivity index (χ2n) is 21.7. The predicted octanol–water partition coefficient (Wildman–Crippen LogP) is 1.34. The van der Waals surface area contributed by atoms with E-state index in [2.05, 4.69) is 47.5 Å². The lowest BCUT2D eigenvalue weighted by Crippen LogP contribution is -2.59. The molecule has 7 atom stereocenters. The minimum Gasteiger partial charge on any atom is -0.508 e. The molecule has 458 valence electrons. The van der Waals surface area contributed by atoms with E-state index in [0.717, 1.165) is 27.6 Å². The van der Waals surface area contributed by atoms with Crippen molar-refractivity contribution in [1.82, 2.24) is 52.4 Å². The van der Waals surface area contributed by atoms with Gasteiger partial charge in [-0.1, -0.05) is 117 Å². The Bertz CT molecular complexity index is 3390. The van der Waals surface area contributed by atoms with Gasteiger partial charge < -0.3 is 68.4 Å². The second kappa shape index (κ2) is 31.4. The predicted molar refractivity (Wildman–Crippen MR) is 326 cm³/mol. The number of primary amides is 1. The number of nitrogens with two attached hydrogens (primary N) is 1. The lowest BCUT2D eigenvalue weighted by molar-refractivity contribution is -0.140. The van der Waals surface area contributed by atoms with Crippen LogP contribution in [0.4, 0.5) is 0 Å². The summed E-state index contributed by atoms with van der Waals surface area (Å²) in [6, 6.07) is 27.0. The first-order valence-corrected chi connectivity index (χ1v) is 29.5. The Morgan fingerprint density at radius 2 is 0.989 bits per heavy atom. The van der Waals surface area contributed by atoms with Gasteiger partial charge in [0.2, 0.25) is 59.1 Å². The first kappa shape index (κ1) is 64.8. The van der Waals surface area contributed by atoms with Crippen molar-refractivity contribution in [2.45, 2.75) is 94.7 Å². The van der Waals surface area contributed by atoms with Gasteiger partial charge in [0.05, 0.1) is 18.8 Å². The van der Waals surface area contributed by atoms with Crippen molar-refractivity contribution < 1.29 is 58.2 Å². The number of carbonyl (C=O) groups is 10. The number of phenols is 2. The van der Waals surface area contributed by atoms with Crippen LogP contribution in [0, 0.1) is 5.92 Å². The Balaban J connectivity index is 1.23. The van der Waals surface area contributed by atoms with E-state index >= 15 is 0 Å². The van der Waals surface area contributed by atoms with E-state index < -0.39 is 114 Å². The van der Waals surface area contributed by atoms with E-state index in [1.54, 1.807) is 97.2 Å². The number of benzene rings is 5. The van der Waals surface area contributed by atoms with Crippen molar-refractivity contribution in [3.63, 3.8) is 0 Å². The smallest absolute Gasteiger partial charge is 0.243 e. The zero-order chi connectivity index (χ0) is 62.6. The molecular formula is C63H73N11O12S. The molecule has 1 saturated heterocycles. The van der Waals surface area contributed by atoms with Crippen molar-refractivity contribution in [2.24, 2.45) is 11.7 Å². The second-order valence-corrected chi connectivity index (χ2v) is 22.7. The van der Waals surface area contributed by atoms with Crippen molar-refractivity contribution in [3.8, 4) is 11.5 Å². The highest BCUT2D eigenvalue weighted by Crippen LogP contribution is 2.21. The molecule has 23 nitrogen and oxygen atoms in total. The van der Waals surface area contributed by atoms with Gasteiger partial charge in [0, 0.05) is 62.0 Å². The molecular weight excluding hydrogens is 1130 g/mol. The number of hydrogen-bond donors (Lipinski definition) is 12. The standard InChI is InChI=1S/C63H73N11O12S/c1-37(2)26-47-59(82)71-50(29-41-20-24-44(76)25-21-41)61(84)72-51(31-42-32-65-46-17-11-10-16-45(42)46)62(85)73-52(57(64)80)35-87-36-55(78)69-49(27-38-12-6-4-7-13-38)60(83)70-48(28-40-18-22-43(75)23-19-40)58(81)67-34-56(79)74(3)53(30-39-14-8-5-9-15-39)63(86)66-33-54(77)68-47/h4-25,32,37,47-53,65,75-76H,26-31,33-36H2,1-3H3,(H2,64,80)(H,66,86)(H,67,81)(H,68,77)(H,69,78)(H,70,83)(H,71,82)(H,72,84)(H,73,85)/t47-,48-,49-,50-,51-,52-,53-/m0/s1. The summed E-state index contributed by atoms with van der Waals surface area (Å²) in [6.07, 6.45) is 1.19. The van der Waals surface area contributed by atoms with Gasteiger partial charge >= 0.3 is 0 Å². The number of amides is 10.